The van der Waals surface area contributed by atoms with Crippen LogP contribution in [0.5, 0.6) is 5.75 Å². The zero-order valence-corrected chi connectivity index (χ0v) is 27.3. The Bertz CT molecular complexity index is 1740. The Balaban J connectivity index is 1.78. The van der Waals surface area contributed by atoms with E-state index in [1.807, 2.05) is 6.92 Å². The van der Waals surface area contributed by atoms with Crippen molar-refractivity contribution in [1.29, 1.82) is 0 Å². The predicted octanol–water partition coefficient (Wildman–Crippen LogP) is 10.6. The van der Waals surface area contributed by atoms with Gasteiger partial charge in [0.05, 0.1) is 18.6 Å². The van der Waals surface area contributed by atoms with Crippen LogP contribution in [0.1, 0.15) is 51.5 Å². The second-order valence-electron chi connectivity index (χ2n) is 11.3. The molecule has 276 valence electrons. The zero-order chi connectivity index (χ0) is 37.7. The number of hydrogen-bond acceptors (Lipinski definition) is 6. The van der Waals surface area contributed by atoms with E-state index in [2.05, 4.69) is 16.1 Å². The largest absolute Gasteiger partial charge is 0.573 e. The molecule has 0 radical (unpaired) electrons. The Hall–Kier alpha value is -3.76. The Morgan fingerprint density at radius 3 is 2.08 bits per heavy atom. The summed E-state index contributed by atoms with van der Waals surface area (Å²) in [4.78, 5) is 24.1. The van der Waals surface area contributed by atoms with Crippen LogP contribution < -0.4 is 10.4 Å². The van der Waals surface area contributed by atoms with Crippen LogP contribution in [-0.2, 0) is 16.0 Å². The molecule has 3 rings (SSSR count). The lowest BCUT2D eigenvalue weighted by Gasteiger charge is -2.36. The van der Waals surface area contributed by atoms with Crippen LogP contribution in [0.15, 0.2) is 68.7 Å². The molecule has 2 aromatic carbocycles. The van der Waals surface area contributed by atoms with E-state index in [4.69, 9.17) is 4.42 Å². The fourth-order valence-electron chi connectivity index (χ4n) is 4.57. The number of ether oxygens (including phenoxy) is 2. The van der Waals surface area contributed by atoms with Gasteiger partial charge in [0.1, 0.15) is 11.3 Å². The van der Waals surface area contributed by atoms with Crippen LogP contribution in [0.4, 0.5) is 48.3 Å². The van der Waals surface area contributed by atoms with E-state index in [1.54, 1.807) is 0 Å². The third-order valence-electron chi connectivity index (χ3n) is 7.33. The summed E-state index contributed by atoms with van der Waals surface area (Å²) in [5, 5.41) is 0.154. The number of fused-ring (bicyclic) bond motifs is 1. The van der Waals surface area contributed by atoms with Crippen LogP contribution in [-0.4, -0.2) is 48.4 Å². The summed E-state index contributed by atoms with van der Waals surface area (Å²) in [6.07, 6.45) is -6.36. The Morgan fingerprint density at radius 2 is 1.48 bits per heavy atom. The van der Waals surface area contributed by atoms with E-state index in [0.29, 0.717) is 30.2 Å². The molecule has 0 aliphatic heterocycles. The van der Waals surface area contributed by atoms with Gasteiger partial charge in [-0.05, 0) is 49.6 Å². The highest BCUT2D eigenvalue weighted by Crippen LogP contribution is 2.55. The number of carbonyl (C=O) groups excluding carboxylic acids is 1. The number of unbranched alkanes of at least 4 members (excludes halogenated alkanes) is 2. The summed E-state index contributed by atoms with van der Waals surface area (Å²) in [7, 11) is 0. The molecule has 1 aromatic heterocycles. The second kappa shape index (κ2) is 15.6. The Labute approximate surface area is 282 Å². The first kappa shape index (κ1) is 40.7. The zero-order valence-electron chi connectivity index (χ0n) is 26.5. The molecule has 50 heavy (non-hydrogen) atoms. The van der Waals surface area contributed by atoms with Gasteiger partial charge in [-0.25, -0.2) is 9.59 Å². The average molecular weight is 749 g/mol. The maximum atomic E-state index is 14.4. The highest BCUT2D eigenvalue weighted by molar-refractivity contribution is 7.99. The van der Waals surface area contributed by atoms with Gasteiger partial charge in [0.2, 0.25) is 0 Å². The van der Waals surface area contributed by atoms with Gasteiger partial charge in [-0.15, -0.1) is 24.9 Å². The Kier molecular flexibility index (Phi) is 12.7. The molecule has 3 aromatic rings. The van der Waals surface area contributed by atoms with Crippen molar-refractivity contribution >= 4 is 28.7 Å². The minimum Gasteiger partial charge on any atom is -0.462 e. The van der Waals surface area contributed by atoms with Crippen LogP contribution in [0.3, 0.4) is 0 Å². The standard InChI is InChI=1S/C33H31F11O5S/c1-4-5-6-7-20-8-11-23(26(16-20)49-33(42,43)44)24-17-21-9-10-22(18-25(21)48-28(24)46)50-15-13-30(36,37)32(40,41)31(38,39)29(34,35)12-14-47-27(45)19(2)3/h8-11,16-18H,2,4-7,12-15H2,1,3H3. The smallest absolute Gasteiger partial charge is 0.462 e. The number of benzene rings is 2. The van der Waals surface area contributed by atoms with Gasteiger partial charge in [0, 0.05) is 33.6 Å². The van der Waals surface area contributed by atoms with Gasteiger partial charge < -0.3 is 13.9 Å². The highest BCUT2D eigenvalue weighted by Gasteiger charge is 2.79. The highest BCUT2D eigenvalue weighted by atomic mass is 32.2. The van der Waals surface area contributed by atoms with Crippen LogP contribution in [0.2, 0.25) is 0 Å². The summed E-state index contributed by atoms with van der Waals surface area (Å²) < 4.78 is 167. The number of esters is 1. The summed E-state index contributed by atoms with van der Waals surface area (Å²) in [5.74, 6) is -27.3. The molecule has 0 saturated carbocycles. The van der Waals surface area contributed by atoms with E-state index in [1.165, 1.54) is 36.4 Å². The quantitative estimate of drug-likeness (QED) is 0.0342. The molecule has 0 unspecified atom stereocenters. The van der Waals surface area contributed by atoms with Gasteiger partial charge in [-0.2, -0.15) is 35.1 Å². The summed E-state index contributed by atoms with van der Waals surface area (Å²) >= 11 is 0.422. The lowest BCUT2D eigenvalue weighted by atomic mass is 9.95. The molecular weight excluding hydrogens is 717 g/mol. The normalized spacial score (nSPS) is 13.1. The average Bonchev–Trinajstić information content (AvgIpc) is 3.00. The predicted molar refractivity (Wildman–Crippen MR) is 163 cm³/mol. The van der Waals surface area contributed by atoms with Crippen molar-refractivity contribution in [3.05, 3.63) is 70.6 Å². The lowest BCUT2D eigenvalue weighted by molar-refractivity contribution is -0.367. The lowest BCUT2D eigenvalue weighted by Crippen LogP contribution is -2.62. The first-order valence-electron chi connectivity index (χ1n) is 15.0. The molecule has 0 bridgehead atoms. The van der Waals surface area contributed by atoms with Crippen molar-refractivity contribution in [3.8, 4) is 16.9 Å². The van der Waals surface area contributed by atoms with Gasteiger partial charge in [0.15, 0.2) is 0 Å². The Morgan fingerprint density at radius 1 is 0.840 bits per heavy atom. The number of carbonyl (C=O) groups is 1. The molecule has 0 fully saturated rings. The maximum Gasteiger partial charge on any atom is 0.573 e. The summed E-state index contributed by atoms with van der Waals surface area (Å²) in [6.45, 7) is 4.69. The van der Waals surface area contributed by atoms with Crippen LogP contribution >= 0.6 is 11.8 Å². The third-order valence-corrected chi connectivity index (χ3v) is 8.33. The topological polar surface area (TPSA) is 65.7 Å². The van der Waals surface area contributed by atoms with Crippen molar-refractivity contribution in [3.63, 3.8) is 0 Å². The molecule has 0 amide bonds. The number of aryl methyl sites for hydroxylation is 1. The van der Waals surface area contributed by atoms with E-state index in [0.717, 1.165) is 25.8 Å². The summed E-state index contributed by atoms with van der Waals surface area (Å²) in [6, 6.07) is 8.80. The van der Waals surface area contributed by atoms with E-state index >= 15 is 0 Å². The molecule has 5 nitrogen and oxygen atoms in total. The fourth-order valence-corrected chi connectivity index (χ4v) is 5.52. The molecule has 0 N–H and O–H groups in total. The van der Waals surface area contributed by atoms with E-state index < -0.39 is 72.6 Å². The van der Waals surface area contributed by atoms with Crippen LogP contribution in [0, 0.1) is 0 Å². The molecule has 0 spiro atoms. The minimum absolute atomic E-state index is 0.0152. The maximum absolute atomic E-state index is 14.4. The van der Waals surface area contributed by atoms with Crippen molar-refractivity contribution < 1.29 is 67.0 Å². The summed E-state index contributed by atoms with van der Waals surface area (Å²) in [5.41, 5.74) is -1.58. The van der Waals surface area contributed by atoms with Crippen molar-refractivity contribution in [2.24, 2.45) is 0 Å². The van der Waals surface area contributed by atoms with Gasteiger partial charge in [0.25, 0.3) is 0 Å². The van der Waals surface area contributed by atoms with Crippen LogP contribution in [0.25, 0.3) is 22.1 Å². The van der Waals surface area contributed by atoms with Gasteiger partial charge in [-0.1, -0.05) is 44.5 Å². The minimum atomic E-state index is -6.55. The van der Waals surface area contributed by atoms with Gasteiger partial charge in [-0.3, -0.25) is 0 Å². The SMILES string of the molecule is C=C(C)C(=O)OCCC(F)(F)C(F)(F)C(F)(F)C(F)(F)CCSc1ccc2cc(-c3ccc(CCCCC)cc3OC(F)(F)F)c(=O)oc2c1. The molecule has 0 saturated heterocycles. The molecular formula is C33H31F11O5S. The molecule has 17 heteroatoms. The molecule has 0 aliphatic carbocycles. The third kappa shape index (κ3) is 9.51. The first-order chi connectivity index (χ1) is 23.0. The number of hydrogen-bond donors (Lipinski definition) is 0. The molecule has 0 aliphatic rings. The number of halogens is 11. The monoisotopic (exact) mass is 748 g/mol. The van der Waals surface area contributed by atoms with E-state index in [9.17, 15) is 57.9 Å². The van der Waals surface area contributed by atoms with Crippen molar-refractivity contribution in [2.75, 3.05) is 12.4 Å². The first-order valence-corrected chi connectivity index (χ1v) is 15.9. The fraction of sp³-hybridized carbons (Fsp3) is 0.455. The number of thioether (sulfide) groups is 1. The second-order valence-corrected chi connectivity index (χ2v) is 12.5. The molecule has 1 heterocycles. The number of alkyl halides is 11. The van der Waals surface area contributed by atoms with E-state index in [-0.39, 0.29) is 32.6 Å². The number of rotatable bonds is 17. The van der Waals surface area contributed by atoms with Gasteiger partial charge >= 0.3 is 41.6 Å². The van der Waals surface area contributed by atoms with Crippen molar-refractivity contribution in [1.82, 2.24) is 0 Å². The van der Waals surface area contributed by atoms with Crippen molar-refractivity contribution in [2.45, 2.75) is 87.3 Å². The molecule has 0 atom stereocenters.